The van der Waals surface area contributed by atoms with Crippen LogP contribution in [0.1, 0.15) is 6.42 Å². The highest BCUT2D eigenvalue weighted by Gasteiger charge is 2.73. The summed E-state index contributed by atoms with van der Waals surface area (Å²) in [7, 11) is 0. The number of carboxylic acid groups (broad SMARTS) is 1. The Kier molecular flexibility index (Phi) is 1.90. The Labute approximate surface area is 70.9 Å². The van der Waals surface area contributed by atoms with Crippen molar-refractivity contribution in [3.63, 3.8) is 0 Å². The van der Waals surface area contributed by atoms with Gasteiger partial charge in [0.2, 0.25) is 5.67 Å². The van der Waals surface area contributed by atoms with Crippen molar-refractivity contribution in [2.24, 2.45) is 0 Å². The predicted molar refractivity (Wildman–Crippen MR) is 35.1 cm³/mol. The van der Waals surface area contributed by atoms with Crippen LogP contribution in [0.15, 0.2) is 12.2 Å². The molecule has 0 aromatic carbocycles. The molecular formula is C7H6F4O2. The van der Waals surface area contributed by atoms with E-state index in [-0.39, 0.29) is 0 Å². The van der Waals surface area contributed by atoms with Crippen LogP contribution in [0.5, 0.6) is 0 Å². The maximum atomic E-state index is 13.1. The Morgan fingerprint density at radius 3 is 2.15 bits per heavy atom. The maximum absolute atomic E-state index is 13.1. The second-order valence-corrected chi connectivity index (χ2v) is 2.88. The van der Waals surface area contributed by atoms with Gasteiger partial charge in [-0.1, -0.05) is 6.58 Å². The van der Waals surface area contributed by atoms with Crippen molar-refractivity contribution in [2.45, 2.75) is 24.2 Å². The fourth-order valence-corrected chi connectivity index (χ4v) is 1.12. The standard InChI is InChI=1S/C7H6F4O2/c1-3(5(12)13)6(9)2-4(8)7(6,10)11/h4H,1-2H2,(H,12,13). The molecular weight excluding hydrogens is 192 g/mol. The van der Waals surface area contributed by atoms with Crippen molar-refractivity contribution in [1.82, 2.24) is 0 Å². The van der Waals surface area contributed by atoms with Gasteiger partial charge in [-0.2, -0.15) is 8.78 Å². The summed E-state index contributed by atoms with van der Waals surface area (Å²) >= 11 is 0. The number of carboxylic acids is 1. The van der Waals surface area contributed by atoms with Gasteiger partial charge in [0.25, 0.3) is 0 Å². The van der Waals surface area contributed by atoms with E-state index < -0.39 is 35.7 Å². The quantitative estimate of drug-likeness (QED) is 0.541. The van der Waals surface area contributed by atoms with Gasteiger partial charge >= 0.3 is 11.9 Å². The first-order valence-corrected chi connectivity index (χ1v) is 3.37. The molecule has 1 aliphatic rings. The summed E-state index contributed by atoms with van der Waals surface area (Å²) in [5, 5.41) is 8.21. The molecule has 2 unspecified atom stereocenters. The van der Waals surface area contributed by atoms with Crippen LogP contribution in [0.25, 0.3) is 0 Å². The Balaban J connectivity index is 2.93. The smallest absolute Gasteiger partial charge is 0.334 e. The van der Waals surface area contributed by atoms with E-state index in [1.807, 2.05) is 0 Å². The molecule has 0 spiro atoms. The molecule has 0 aromatic heterocycles. The number of hydrogen-bond donors (Lipinski definition) is 1. The molecule has 1 aliphatic carbocycles. The van der Waals surface area contributed by atoms with Gasteiger partial charge in [0.15, 0.2) is 6.17 Å². The van der Waals surface area contributed by atoms with Crippen LogP contribution >= 0.6 is 0 Å². The lowest BCUT2D eigenvalue weighted by Crippen LogP contribution is -2.64. The molecule has 0 amide bonds. The molecule has 0 bridgehead atoms. The topological polar surface area (TPSA) is 37.3 Å². The van der Waals surface area contributed by atoms with E-state index in [0.29, 0.717) is 0 Å². The van der Waals surface area contributed by atoms with Crippen LogP contribution < -0.4 is 0 Å². The third kappa shape index (κ3) is 1.04. The van der Waals surface area contributed by atoms with Crippen LogP contribution in [0.2, 0.25) is 0 Å². The largest absolute Gasteiger partial charge is 0.478 e. The first-order valence-electron chi connectivity index (χ1n) is 3.37. The van der Waals surface area contributed by atoms with Crippen molar-refractivity contribution in [2.75, 3.05) is 0 Å². The van der Waals surface area contributed by atoms with E-state index in [4.69, 9.17) is 5.11 Å². The Bertz CT molecular complexity index is 276. The normalized spacial score (nSPS) is 36.5. The maximum Gasteiger partial charge on any atom is 0.334 e. The molecule has 13 heavy (non-hydrogen) atoms. The van der Waals surface area contributed by atoms with Gasteiger partial charge in [-0.05, 0) is 0 Å². The number of carbonyl (C=O) groups is 1. The van der Waals surface area contributed by atoms with Crippen molar-refractivity contribution >= 4 is 5.97 Å². The Morgan fingerprint density at radius 2 is 1.92 bits per heavy atom. The summed E-state index contributed by atoms with van der Waals surface area (Å²) in [4.78, 5) is 10.1. The number of hydrogen-bond acceptors (Lipinski definition) is 1. The zero-order valence-corrected chi connectivity index (χ0v) is 6.36. The average Bonchev–Trinajstić information content (AvgIpc) is 2.02. The Morgan fingerprint density at radius 1 is 1.46 bits per heavy atom. The van der Waals surface area contributed by atoms with E-state index in [0.717, 1.165) is 0 Å². The molecule has 1 fully saturated rings. The highest BCUT2D eigenvalue weighted by molar-refractivity contribution is 5.89. The molecule has 1 N–H and O–H groups in total. The molecule has 0 saturated heterocycles. The van der Waals surface area contributed by atoms with Gasteiger partial charge in [0.1, 0.15) is 0 Å². The van der Waals surface area contributed by atoms with Crippen molar-refractivity contribution in [3.8, 4) is 0 Å². The molecule has 0 aliphatic heterocycles. The third-order valence-corrected chi connectivity index (χ3v) is 2.12. The molecule has 0 radical (unpaired) electrons. The Hall–Kier alpha value is -1.07. The summed E-state index contributed by atoms with van der Waals surface area (Å²) in [6.45, 7) is 2.66. The highest BCUT2D eigenvalue weighted by Crippen LogP contribution is 2.55. The molecule has 2 nitrogen and oxygen atoms in total. The van der Waals surface area contributed by atoms with Gasteiger partial charge in [-0.3, -0.25) is 0 Å². The molecule has 6 heteroatoms. The van der Waals surface area contributed by atoms with Crippen molar-refractivity contribution in [1.29, 1.82) is 0 Å². The van der Waals surface area contributed by atoms with Crippen LogP contribution in [0, 0.1) is 0 Å². The lowest BCUT2D eigenvalue weighted by molar-refractivity contribution is -0.242. The fraction of sp³-hybridized carbons (Fsp3) is 0.571. The molecule has 0 heterocycles. The minimum absolute atomic E-state index is 1.15. The minimum atomic E-state index is -4.28. The van der Waals surface area contributed by atoms with E-state index in [2.05, 4.69) is 6.58 Å². The number of rotatable bonds is 2. The van der Waals surface area contributed by atoms with E-state index in [9.17, 15) is 22.4 Å². The second kappa shape index (κ2) is 2.46. The zero-order valence-electron chi connectivity index (χ0n) is 6.36. The van der Waals surface area contributed by atoms with Gasteiger partial charge in [-0.25, -0.2) is 13.6 Å². The van der Waals surface area contributed by atoms with Gasteiger partial charge < -0.3 is 5.11 Å². The predicted octanol–water partition coefficient (Wildman–Crippen LogP) is 1.71. The summed E-state index contributed by atoms with van der Waals surface area (Å²) < 4.78 is 50.3. The van der Waals surface area contributed by atoms with Gasteiger partial charge in [-0.15, -0.1) is 0 Å². The molecule has 2 atom stereocenters. The summed E-state index contributed by atoms with van der Waals surface area (Å²) in [5.41, 5.74) is -4.73. The lowest BCUT2D eigenvalue weighted by atomic mass is 9.71. The van der Waals surface area contributed by atoms with Crippen LogP contribution in [-0.2, 0) is 4.79 Å². The summed E-state index contributed by atoms with van der Waals surface area (Å²) in [5.74, 6) is -6.16. The van der Waals surface area contributed by atoms with Crippen LogP contribution in [0.3, 0.4) is 0 Å². The molecule has 0 aromatic rings. The molecule has 74 valence electrons. The summed E-state index contributed by atoms with van der Waals surface area (Å²) in [6.07, 6.45) is -3.78. The first-order chi connectivity index (χ1) is 5.73. The van der Waals surface area contributed by atoms with Crippen molar-refractivity contribution < 1.29 is 27.5 Å². The number of alkyl halides is 4. The number of halogens is 4. The second-order valence-electron chi connectivity index (χ2n) is 2.88. The van der Waals surface area contributed by atoms with E-state index >= 15 is 0 Å². The minimum Gasteiger partial charge on any atom is -0.478 e. The molecule has 1 saturated carbocycles. The van der Waals surface area contributed by atoms with Crippen LogP contribution in [0.4, 0.5) is 17.6 Å². The van der Waals surface area contributed by atoms with Gasteiger partial charge in [0.05, 0.1) is 5.57 Å². The molecule has 1 rings (SSSR count). The lowest BCUT2D eigenvalue weighted by Gasteiger charge is -2.44. The zero-order chi connectivity index (χ0) is 10.4. The van der Waals surface area contributed by atoms with Crippen molar-refractivity contribution in [3.05, 3.63) is 12.2 Å². The highest BCUT2D eigenvalue weighted by atomic mass is 19.3. The summed E-state index contributed by atoms with van der Waals surface area (Å²) in [6, 6.07) is 0. The fourth-order valence-electron chi connectivity index (χ4n) is 1.12. The monoisotopic (exact) mass is 198 g/mol. The third-order valence-electron chi connectivity index (χ3n) is 2.12. The SMILES string of the molecule is C=C(C(=O)O)C1(F)CC(F)C1(F)F. The van der Waals surface area contributed by atoms with Crippen LogP contribution in [-0.4, -0.2) is 28.8 Å². The number of aliphatic carboxylic acids is 1. The van der Waals surface area contributed by atoms with E-state index in [1.165, 1.54) is 0 Å². The average molecular weight is 198 g/mol. The van der Waals surface area contributed by atoms with Gasteiger partial charge in [0, 0.05) is 6.42 Å². The van der Waals surface area contributed by atoms with E-state index in [1.54, 1.807) is 0 Å². The first kappa shape index (κ1) is 10.0.